The van der Waals surface area contributed by atoms with E-state index in [9.17, 15) is 13.2 Å². The number of H-pyrrole nitrogens is 1. The quantitative estimate of drug-likeness (QED) is 0.875. The van der Waals surface area contributed by atoms with Crippen LogP contribution in [-0.4, -0.2) is 54.5 Å². The fraction of sp³-hybridized carbons (Fsp3) is 0.500. The molecule has 2 aromatic rings. The van der Waals surface area contributed by atoms with Gasteiger partial charge in [0.15, 0.2) is 0 Å². The average molecular weight is 363 g/mol. The fourth-order valence-electron chi connectivity index (χ4n) is 3.23. The van der Waals surface area contributed by atoms with Crippen LogP contribution in [0.15, 0.2) is 29.1 Å². The van der Waals surface area contributed by atoms with E-state index in [4.69, 9.17) is 0 Å². The van der Waals surface area contributed by atoms with E-state index in [0.717, 1.165) is 22.9 Å². The van der Waals surface area contributed by atoms with Gasteiger partial charge in [0.25, 0.3) is 5.56 Å². The Morgan fingerprint density at radius 1 is 1.08 bits per heavy atom. The molecule has 0 unspecified atom stereocenters. The molecule has 0 radical (unpaired) electrons. The van der Waals surface area contributed by atoms with E-state index in [1.807, 2.05) is 18.2 Å². The van der Waals surface area contributed by atoms with Gasteiger partial charge >= 0.3 is 0 Å². The standard InChI is InChI=1S/C18H25N3O3S/c1-3-14-5-6-17-15(11-14)12-16(18(22)19-17)13-20-7-9-21(10-8-20)25(23,24)4-2/h5-6,11-12H,3-4,7-10,13H2,1-2H3,(H,19,22). The zero-order valence-electron chi connectivity index (χ0n) is 14.8. The van der Waals surface area contributed by atoms with Gasteiger partial charge in [0, 0.05) is 43.8 Å². The lowest BCUT2D eigenvalue weighted by atomic mass is 10.1. The predicted molar refractivity (Wildman–Crippen MR) is 100 cm³/mol. The number of aryl methyl sites for hydroxylation is 1. The zero-order valence-corrected chi connectivity index (χ0v) is 15.6. The molecule has 7 heteroatoms. The molecule has 6 nitrogen and oxygen atoms in total. The lowest BCUT2D eigenvalue weighted by Gasteiger charge is -2.33. The summed E-state index contributed by atoms with van der Waals surface area (Å²) in [6, 6.07) is 8.06. The molecule has 1 aliphatic rings. The molecule has 25 heavy (non-hydrogen) atoms. The highest BCUT2D eigenvalue weighted by molar-refractivity contribution is 7.89. The van der Waals surface area contributed by atoms with Gasteiger partial charge in [-0.3, -0.25) is 9.69 Å². The number of fused-ring (bicyclic) bond motifs is 1. The number of rotatable bonds is 5. The number of aromatic nitrogens is 1. The molecule has 0 atom stereocenters. The molecular weight excluding hydrogens is 338 g/mol. The second kappa shape index (κ2) is 7.27. The molecule has 1 fully saturated rings. The normalized spacial score (nSPS) is 17.2. The van der Waals surface area contributed by atoms with Gasteiger partial charge < -0.3 is 4.98 Å². The maximum atomic E-state index is 12.3. The van der Waals surface area contributed by atoms with Gasteiger partial charge in [-0.15, -0.1) is 0 Å². The Bertz CT molecular complexity index is 913. The first kappa shape index (κ1) is 18.1. The number of nitrogens with zero attached hydrogens (tertiary/aromatic N) is 2. The van der Waals surface area contributed by atoms with Gasteiger partial charge in [-0.05, 0) is 42.5 Å². The Morgan fingerprint density at radius 2 is 1.80 bits per heavy atom. The molecule has 1 aromatic heterocycles. The van der Waals surface area contributed by atoms with E-state index in [2.05, 4.69) is 22.9 Å². The lowest BCUT2D eigenvalue weighted by molar-refractivity contribution is 0.181. The number of hydrogen-bond donors (Lipinski definition) is 1. The van der Waals surface area contributed by atoms with Crippen molar-refractivity contribution in [1.82, 2.24) is 14.2 Å². The third-order valence-corrected chi connectivity index (χ3v) is 6.76. The smallest absolute Gasteiger partial charge is 0.252 e. The fourth-order valence-corrected chi connectivity index (χ4v) is 4.31. The van der Waals surface area contributed by atoms with Crippen LogP contribution < -0.4 is 5.56 Å². The van der Waals surface area contributed by atoms with Crippen LogP contribution in [-0.2, 0) is 23.0 Å². The van der Waals surface area contributed by atoms with E-state index in [0.29, 0.717) is 32.7 Å². The van der Waals surface area contributed by atoms with Gasteiger partial charge in [0.05, 0.1) is 5.75 Å². The van der Waals surface area contributed by atoms with Crippen LogP contribution >= 0.6 is 0 Å². The number of aromatic amines is 1. The number of hydrogen-bond acceptors (Lipinski definition) is 4. The Balaban J connectivity index is 1.75. The molecule has 1 N–H and O–H groups in total. The summed E-state index contributed by atoms with van der Waals surface area (Å²) < 4.78 is 25.4. The monoisotopic (exact) mass is 363 g/mol. The van der Waals surface area contributed by atoms with Gasteiger partial charge in [0.1, 0.15) is 0 Å². The van der Waals surface area contributed by atoms with Gasteiger partial charge in [-0.1, -0.05) is 13.0 Å². The molecular formula is C18H25N3O3S. The molecule has 0 aliphatic carbocycles. The third-order valence-electron chi connectivity index (χ3n) is 4.88. The SMILES string of the molecule is CCc1ccc2[nH]c(=O)c(CN3CCN(S(=O)(=O)CC)CC3)cc2c1. The number of sulfonamides is 1. The van der Waals surface area contributed by atoms with Crippen LogP contribution in [0.4, 0.5) is 0 Å². The summed E-state index contributed by atoms with van der Waals surface area (Å²) in [5, 5.41) is 1.04. The Morgan fingerprint density at radius 3 is 2.44 bits per heavy atom. The summed E-state index contributed by atoms with van der Waals surface area (Å²) in [5.41, 5.74) is 2.75. The zero-order chi connectivity index (χ0) is 18.0. The van der Waals surface area contributed by atoms with Crippen molar-refractivity contribution in [1.29, 1.82) is 0 Å². The first-order chi connectivity index (χ1) is 11.9. The van der Waals surface area contributed by atoms with E-state index in [1.54, 1.807) is 11.2 Å². The average Bonchev–Trinajstić information content (AvgIpc) is 2.62. The minimum Gasteiger partial charge on any atom is -0.322 e. The number of piperazine rings is 1. The summed E-state index contributed by atoms with van der Waals surface area (Å²) in [7, 11) is -3.12. The van der Waals surface area contributed by atoms with E-state index in [1.165, 1.54) is 5.56 Å². The molecule has 3 rings (SSSR count). The van der Waals surface area contributed by atoms with Crippen molar-refractivity contribution in [3.63, 3.8) is 0 Å². The number of benzene rings is 1. The Hall–Kier alpha value is -1.70. The van der Waals surface area contributed by atoms with Crippen molar-refractivity contribution in [2.75, 3.05) is 31.9 Å². The van der Waals surface area contributed by atoms with Crippen molar-refractivity contribution in [3.8, 4) is 0 Å². The summed E-state index contributed by atoms with van der Waals surface area (Å²) in [4.78, 5) is 17.4. The first-order valence-corrected chi connectivity index (χ1v) is 10.4. The summed E-state index contributed by atoms with van der Waals surface area (Å²) in [6.07, 6.45) is 0.957. The van der Waals surface area contributed by atoms with Crippen molar-refractivity contribution in [2.24, 2.45) is 0 Å². The molecule has 0 bridgehead atoms. The summed E-state index contributed by atoms with van der Waals surface area (Å²) >= 11 is 0. The minimum absolute atomic E-state index is 0.0691. The molecule has 0 saturated carbocycles. The Kier molecular flexibility index (Phi) is 5.27. The highest BCUT2D eigenvalue weighted by atomic mass is 32.2. The van der Waals surface area contributed by atoms with Crippen molar-refractivity contribution in [2.45, 2.75) is 26.8 Å². The molecule has 1 aliphatic heterocycles. The highest BCUT2D eigenvalue weighted by Gasteiger charge is 2.25. The van der Waals surface area contributed by atoms with Gasteiger partial charge in [0.2, 0.25) is 10.0 Å². The van der Waals surface area contributed by atoms with Crippen LogP contribution in [0.5, 0.6) is 0 Å². The van der Waals surface area contributed by atoms with Crippen LogP contribution in [0, 0.1) is 0 Å². The number of nitrogens with one attached hydrogen (secondary N) is 1. The molecule has 136 valence electrons. The summed E-state index contributed by atoms with van der Waals surface area (Å²) in [6.45, 7) is 6.58. The van der Waals surface area contributed by atoms with Crippen molar-refractivity contribution >= 4 is 20.9 Å². The van der Waals surface area contributed by atoms with Gasteiger partial charge in [-0.25, -0.2) is 8.42 Å². The molecule has 0 spiro atoms. The van der Waals surface area contributed by atoms with E-state index >= 15 is 0 Å². The van der Waals surface area contributed by atoms with Crippen molar-refractivity contribution in [3.05, 3.63) is 45.7 Å². The second-order valence-corrected chi connectivity index (χ2v) is 8.73. The molecule has 1 saturated heterocycles. The first-order valence-electron chi connectivity index (χ1n) is 8.78. The molecule has 2 heterocycles. The van der Waals surface area contributed by atoms with E-state index < -0.39 is 10.0 Å². The van der Waals surface area contributed by atoms with Crippen molar-refractivity contribution < 1.29 is 8.42 Å². The second-order valence-electron chi connectivity index (χ2n) is 6.47. The highest BCUT2D eigenvalue weighted by Crippen LogP contribution is 2.16. The van der Waals surface area contributed by atoms with Crippen LogP contribution in [0.3, 0.4) is 0 Å². The van der Waals surface area contributed by atoms with Crippen LogP contribution in [0.2, 0.25) is 0 Å². The largest absolute Gasteiger partial charge is 0.322 e. The van der Waals surface area contributed by atoms with E-state index in [-0.39, 0.29) is 11.3 Å². The molecule has 0 amide bonds. The van der Waals surface area contributed by atoms with Crippen LogP contribution in [0.25, 0.3) is 10.9 Å². The minimum atomic E-state index is -3.12. The maximum absolute atomic E-state index is 12.3. The predicted octanol–water partition coefficient (Wildman–Crippen LogP) is 1.56. The van der Waals surface area contributed by atoms with Gasteiger partial charge in [-0.2, -0.15) is 4.31 Å². The summed E-state index contributed by atoms with van der Waals surface area (Å²) in [5.74, 6) is 0.136. The topological polar surface area (TPSA) is 73.5 Å². The van der Waals surface area contributed by atoms with Crippen LogP contribution in [0.1, 0.15) is 25.0 Å². The molecule has 1 aromatic carbocycles. The number of pyridine rings is 1. The lowest BCUT2D eigenvalue weighted by Crippen LogP contribution is -2.49. The Labute approximate surface area is 148 Å². The third kappa shape index (κ3) is 3.94. The maximum Gasteiger partial charge on any atom is 0.252 e.